The summed E-state index contributed by atoms with van der Waals surface area (Å²) in [4.78, 5) is 13.3. The molecule has 30 heavy (non-hydrogen) atoms. The van der Waals surface area contributed by atoms with E-state index in [1.807, 2.05) is 28.9 Å². The smallest absolute Gasteiger partial charge is 0.272 e. The van der Waals surface area contributed by atoms with Gasteiger partial charge in [0, 0.05) is 18.0 Å². The van der Waals surface area contributed by atoms with Crippen LogP contribution in [0.5, 0.6) is 0 Å². The van der Waals surface area contributed by atoms with Gasteiger partial charge in [-0.2, -0.15) is 5.10 Å². The van der Waals surface area contributed by atoms with Crippen LogP contribution in [-0.2, 0) is 6.54 Å². The van der Waals surface area contributed by atoms with E-state index < -0.39 is 0 Å². The number of halogens is 1. The first-order valence-electron chi connectivity index (χ1n) is 11.7. The van der Waals surface area contributed by atoms with Crippen molar-refractivity contribution in [3.05, 3.63) is 42.1 Å². The van der Waals surface area contributed by atoms with Crippen LogP contribution in [0.2, 0.25) is 0 Å². The quantitative estimate of drug-likeness (QED) is 0.438. The number of unbranched alkanes of at least 4 members (excludes halogenated alkanes) is 2. The first-order chi connectivity index (χ1) is 14.6. The number of nitrogens with one attached hydrogen (secondary N) is 1. The van der Waals surface area contributed by atoms with Crippen LogP contribution >= 0.6 is 11.6 Å². The Morgan fingerprint density at radius 1 is 1.03 bits per heavy atom. The Morgan fingerprint density at radius 3 is 2.33 bits per heavy atom. The van der Waals surface area contributed by atoms with Gasteiger partial charge in [0.1, 0.15) is 0 Å². The van der Waals surface area contributed by atoms with Gasteiger partial charge in [0.15, 0.2) is 5.69 Å². The second kappa shape index (κ2) is 8.37. The number of nitrogens with zero attached hydrogens (tertiary/aromatic N) is 2. The number of carbonyl (C=O) groups is 1. The molecule has 0 aliphatic heterocycles. The Bertz CT molecular complexity index is 856. The SMILES string of the molecule is O=C(NC12CC3CC(CC(C3)C1)C2)c1cc(-c2ccccc2)n(CCCCCCl)n1. The molecule has 4 aliphatic rings. The summed E-state index contributed by atoms with van der Waals surface area (Å²) in [5, 5.41) is 8.23. The van der Waals surface area contributed by atoms with Crippen molar-refractivity contribution in [3.63, 3.8) is 0 Å². The number of aryl methyl sites for hydroxylation is 1. The van der Waals surface area contributed by atoms with Gasteiger partial charge in [-0.1, -0.05) is 36.8 Å². The van der Waals surface area contributed by atoms with Crippen molar-refractivity contribution in [1.82, 2.24) is 15.1 Å². The number of carbonyl (C=O) groups excluding carboxylic acids is 1. The van der Waals surface area contributed by atoms with Gasteiger partial charge < -0.3 is 5.32 Å². The maximum Gasteiger partial charge on any atom is 0.272 e. The van der Waals surface area contributed by atoms with Crippen LogP contribution in [0, 0.1) is 17.8 Å². The van der Waals surface area contributed by atoms with Crippen molar-refractivity contribution >= 4 is 17.5 Å². The van der Waals surface area contributed by atoms with E-state index in [1.165, 1.54) is 19.3 Å². The molecule has 0 unspecified atom stereocenters. The number of rotatable bonds is 8. The molecule has 5 heteroatoms. The highest BCUT2D eigenvalue weighted by Gasteiger charge is 2.51. The van der Waals surface area contributed by atoms with Crippen molar-refractivity contribution < 1.29 is 4.79 Å². The molecule has 2 aromatic rings. The third-order valence-electron chi connectivity index (χ3n) is 7.50. The number of hydrogen-bond acceptors (Lipinski definition) is 2. The van der Waals surface area contributed by atoms with E-state index in [9.17, 15) is 4.79 Å². The van der Waals surface area contributed by atoms with E-state index in [-0.39, 0.29) is 11.4 Å². The molecule has 1 aromatic heterocycles. The van der Waals surface area contributed by atoms with E-state index >= 15 is 0 Å². The predicted octanol–water partition coefficient (Wildman–Crippen LogP) is 5.66. The fraction of sp³-hybridized carbons (Fsp3) is 0.600. The van der Waals surface area contributed by atoms with E-state index in [2.05, 4.69) is 17.4 Å². The lowest BCUT2D eigenvalue weighted by atomic mass is 9.53. The van der Waals surface area contributed by atoms with Crippen LogP contribution in [0.3, 0.4) is 0 Å². The molecule has 4 saturated carbocycles. The van der Waals surface area contributed by atoms with E-state index in [4.69, 9.17) is 16.7 Å². The van der Waals surface area contributed by atoms with Crippen molar-refractivity contribution in [2.24, 2.45) is 17.8 Å². The van der Waals surface area contributed by atoms with E-state index in [1.54, 1.807) is 0 Å². The lowest BCUT2D eigenvalue weighted by Gasteiger charge is -2.56. The van der Waals surface area contributed by atoms with Gasteiger partial charge in [-0.25, -0.2) is 0 Å². The molecule has 4 bridgehead atoms. The second-order valence-electron chi connectivity index (χ2n) is 9.91. The van der Waals surface area contributed by atoms with Gasteiger partial charge >= 0.3 is 0 Å². The van der Waals surface area contributed by atoms with Crippen molar-refractivity contribution in [1.29, 1.82) is 0 Å². The molecule has 1 heterocycles. The minimum Gasteiger partial charge on any atom is -0.345 e. The van der Waals surface area contributed by atoms with Crippen LogP contribution in [0.4, 0.5) is 0 Å². The first-order valence-corrected chi connectivity index (χ1v) is 12.2. The molecule has 4 fully saturated rings. The third kappa shape index (κ3) is 4.03. The first kappa shape index (κ1) is 20.1. The molecular formula is C25H32ClN3O. The minimum absolute atomic E-state index is 0.00800. The Morgan fingerprint density at radius 2 is 1.70 bits per heavy atom. The summed E-state index contributed by atoms with van der Waals surface area (Å²) < 4.78 is 2.01. The second-order valence-corrected chi connectivity index (χ2v) is 10.3. The molecule has 6 rings (SSSR count). The molecule has 0 spiro atoms. The maximum atomic E-state index is 13.3. The highest BCUT2D eigenvalue weighted by atomic mass is 35.5. The highest BCUT2D eigenvalue weighted by molar-refractivity contribution is 6.17. The van der Waals surface area contributed by atoms with Gasteiger partial charge in [-0.15, -0.1) is 11.6 Å². The minimum atomic E-state index is 0.00800. The lowest BCUT2D eigenvalue weighted by molar-refractivity contribution is -0.0168. The Labute approximate surface area is 184 Å². The molecule has 1 N–H and O–H groups in total. The highest BCUT2D eigenvalue weighted by Crippen LogP contribution is 2.55. The fourth-order valence-electron chi connectivity index (χ4n) is 6.64. The summed E-state index contributed by atoms with van der Waals surface area (Å²) in [7, 11) is 0. The number of aromatic nitrogens is 2. The zero-order valence-corrected chi connectivity index (χ0v) is 18.4. The summed E-state index contributed by atoms with van der Waals surface area (Å²) in [5.41, 5.74) is 2.71. The maximum absolute atomic E-state index is 13.3. The largest absolute Gasteiger partial charge is 0.345 e. The standard InChI is InChI=1S/C25H32ClN3O/c26-9-5-2-6-10-29-23(21-7-3-1-4-8-21)14-22(28-29)24(30)27-25-15-18-11-19(16-25)13-20(12-18)17-25/h1,3-4,7-8,14,18-20H,2,5-6,9-13,15-17H2,(H,27,30). The zero-order valence-electron chi connectivity index (χ0n) is 17.7. The molecule has 4 aliphatic carbocycles. The Hall–Kier alpha value is -1.81. The van der Waals surface area contributed by atoms with Gasteiger partial charge in [0.05, 0.1) is 5.69 Å². The van der Waals surface area contributed by atoms with Gasteiger partial charge in [-0.3, -0.25) is 9.48 Å². The number of benzene rings is 1. The monoisotopic (exact) mass is 425 g/mol. The van der Waals surface area contributed by atoms with Crippen molar-refractivity contribution in [3.8, 4) is 11.3 Å². The van der Waals surface area contributed by atoms with Crippen LogP contribution in [-0.4, -0.2) is 27.1 Å². The molecular weight excluding hydrogens is 394 g/mol. The molecule has 4 nitrogen and oxygen atoms in total. The lowest BCUT2D eigenvalue weighted by Crippen LogP contribution is -2.59. The topological polar surface area (TPSA) is 46.9 Å². The number of hydrogen-bond donors (Lipinski definition) is 1. The fourth-order valence-corrected chi connectivity index (χ4v) is 6.83. The Balaban J connectivity index is 1.36. The van der Waals surface area contributed by atoms with Crippen molar-refractivity contribution in [2.45, 2.75) is 69.9 Å². The van der Waals surface area contributed by atoms with Crippen LogP contribution in [0.25, 0.3) is 11.3 Å². The van der Waals surface area contributed by atoms with Crippen molar-refractivity contribution in [2.75, 3.05) is 5.88 Å². The van der Waals surface area contributed by atoms with Crippen LogP contribution in [0.15, 0.2) is 36.4 Å². The van der Waals surface area contributed by atoms with Crippen LogP contribution < -0.4 is 5.32 Å². The molecule has 0 atom stereocenters. The molecule has 0 radical (unpaired) electrons. The van der Waals surface area contributed by atoms with E-state index in [0.29, 0.717) is 11.6 Å². The predicted molar refractivity (Wildman–Crippen MR) is 121 cm³/mol. The average Bonchev–Trinajstić information content (AvgIpc) is 3.15. The normalized spacial score (nSPS) is 29.3. The van der Waals surface area contributed by atoms with E-state index in [0.717, 1.165) is 74.1 Å². The molecule has 1 aromatic carbocycles. The number of alkyl halides is 1. The zero-order chi connectivity index (χ0) is 20.6. The van der Waals surface area contributed by atoms with Gasteiger partial charge in [-0.05, 0) is 80.8 Å². The molecule has 0 saturated heterocycles. The summed E-state index contributed by atoms with van der Waals surface area (Å²) in [6, 6.07) is 12.3. The summed E-state index contributed by atoms with van der Waals surface area (Å²) in [5.74, 6) is 3.15. The van der Waals surface area contributed by atoms with Gasteiger partial charge in [0.2, 0.25) is 0 Å². The summed E-state index contributed by atoms with van der Waals surface area (Å²) in [6.45, 7) is 0.811. The average molecular weight is 426 g/mol. The van der Waals surface area contributed by atoms with Gasteiger partial charge in [0.25, 0.3) is 5.91 Å². The molecule has 1 amide bonds. The van der Waals surface area contributed by atoms with Crippen LogP contribution in [0.1, 0.15) is 68.3 Å². The molecule has 160 valence electrons. The summed E-state index contributed by atoms with van der Waals surface area (Å²) >= 11 is 5.83. The Kier molecular flexibility index (Phi) is 5.61. The summed E-state index contributed by atoms with van der Waals surface area (Å²) in [6.07, 6.45) is 10.7. The third-order valence-corrected chi connectivity index (χ3v) is 7.77. The number of amides is 1.